The van der Waals surface area contributed by atoms with E-state index in [1.165, 1.54) is 66.4 Å². The number of aromatic nitrogens is 16. The van der Waals surface area contributed by atoms with Crippen molar-refractivity contribution in [2.24, 2.45) is 0 Å². The lowest BCUT2D eigenvalue weighted by molar-refractivity contribution is -0.245. The van der Waals surface area contributed by atoms with Crippen LogP contribution < -0.4 is 71.2 Å². The Morgan fingerprint density at radius 1 is 0.554 bits per heavy atom. The van der Waals surface area contributed by atoms with Crippen molar-refractivity contribution in [2.75, 3.05) is 49.4 Å². The minimum atomic E-state index is -5.17. The molecule has 16 heterocycles. The van der Waals surface area contributed by atoms with Gasteiger partial charge in [0.15, 0.2) is 59.0 Å². The minimum absolute atomic E-state index is 0.00119. The fourth-order valence-electron chi connectivity index (χ4n) is 15.4. The monoisotopic (exact) mass is 1720 g/mol. The summed E-state index contributed by atoms with van der Waals surface area (Å²) >= 11 is 22.4. The summed E-state index contributed by atoms with van der Waals surface area (Å²) in [7, 11) is 0. The van der Waals surface area contributed by atoms with E-state index in [1.54, 1.807) is 13.8 Å². The number of nitrogen functional groups attached to an aromatic ring is 4. The van der Waals surface area contributed by atoms with Crippen LogP contribution in [0.5, 0.6) is 0 Å². The molecule has 47 nitrogen and oxygen atoms in total. The van der Waals surface area contributed by atoms with Gasteiger partial charge in [0.25, 0.3) is 22.2 Å². The van der Waals surface area contributed by atoms with Crippen LogP contribution in [0, 0.1) is 13.8 Å². The number of imidazole rings is 3. The first-order valence-electron chi connectivity index (χ1n) is 34.2. The molecule has 55 heteroatoms. The number of H-pyrrole nitrogens is 4. The molecule has 0 saturated carbocycles. The second-order valence-corrected chi connectivity index (χ2v) is 38.6. The molecule has 7 unspecified atom stereocenters. The smallest absolute Gasteiger partial charge is 0.351 e. The highest BCUT2D eigenvalue weighted by atomic mass is 32.7. The number of hydrogen-bond donors (Lipinski definition) is 9. The molecule has 0 spiro atoms. The van der Waals surface area contributed by atoms with Crippen molar-refractivity contribution < 1.29 is 98.4 Å². The van der Waals surface area contributed by atoms with Crippen LogP contribution in [0.25, 0.3) is 33.5 Å². The van der Waals surface area contributed by atoms with E-state index in [-0.39, 0.29) is 75.6 Å². The highest BCUT2D eigenvalue weighted by molar-refractivity contribution is 8.32. The molecule has 8 saturated heterocycles. The molecule has 112 heavy (non-hydrogen) atoms. The predicted molar refractivity (Wildman–Crippen MR) is 387 cm³/mol. The molecule has 25 atom stereocenters. The molecule has 8 aromatic rings. The fourth-order valence-corrected chi connectivity index (χ4v) is 21.2. The molecule has 0 aliphatic carbocycles. The zero-order chi connectivity index (χ0) is 79.7. The van der Waals surface area contributed by atoms with Crippen molar-refractivity contribution in [3.63, 3.8) is 0 Å². The third kappa shape index (κ3) is 13.8. The van der Waals surface area contributed by atoms with Crippen LogP contribution in [-0.2, 0) is 126 Å². The van der Waals surface area contributed by atoms with Gasteiger partial charge in [0.1, 0.15) is 98.0 Å². The number of rotatable bonds is 26. The zero-order valence-electron chi connectivity index (χ0n) is 58.9. The first kappa shape index (κ1) is 79.4. The van der Waals surface area contributed by atoms with E-state index in [4.69, 9.17) is 145 Å². The highest BCUT2D eigenvalue weighted by Crippen LogP contribution is 2.62. The summed E-state index contributed by atoms with van der Waals surface area (Å²) < 4.78 is 121. The summed E-state index contributed by atoms with van der Waals surface area (Å²) in [6.07, 6.45) is -17.5. The molecule has 8 aliphatic rings. The van der Waals surface area contributed by atoms with E-state index in [9.17, 15) is 43.7 Å². The first-order chi connectivity index (χ1) is 52.8. The summed E-state index contributed by atoms with van der Waals surface area (Å²) in [5.41, 5.74) is 12.9. The van der Waals surface area contributed by atoms with Gasteiger partial charge in [0, 0.05) is 36.4 Å². The van der Waals surface area contributed by atoms with E-state index in [2.05, 4.69) is 54.8 Å². The van der Waals surface area contributed by atoms with Gasteiger partial charge in [0.2, 0.25) is 17.8 Å². The van der Waals surface area contributed by atoms with Crippen molar-refractivity contribution in [3.05, 3.63) is 105 Å². The van der Waals surface area contributed by atoms with E-state index in [0.717, 1.165) is 15.5 Å². The highest BCUT2D eigenvalue weighted by Gasteiger charge is 2.71. The lowest BCUT2D eigenvalue weighted by Crippen LogP contribution is -2.52. The van der Waals surface area contributed by atoms with Gasteiger partial charge < -0.3 is 129 Å². The molecule has 8 aromatic heterocycles. The second kappa shape index (κ2) is 28.7. The number of aliphatic hydroxyl groups excluding tert-OH is 1. The van der Waals surface area contributed by atoms with Crippen LogP contribution >= 0.6 is 27.0 Å². The maximum atomic E-state index is 15.5. The number of nitrogens with two attached hydrogens (primary N) is 4. The third-order valence-electron chi connectivity index (χ3n) is 21.0. The SMILES string of the molecule is CC[C@H]1O[C@@H](n2cnc3c(=O)[nH]c(N)nc32)C[C@H]1OP([O-])(=S)OC[C@H]1O[C@@H](n2cc(C)c(=O)[nH]c2=O)C[C@H]1OP(=O)([S-])OC[C@]12O[C@@H](n3cnc4c(=O)[nH]c(N)nc43)C(O[C@H]1C)[C@H]2OP([O-])(=S)OC[C@]12O[C@@H](n3cnc4c(=O)[nH]c(N)nc43)C(O[C@H]1C)[C@H]2OP([O-])(=S)OC[C@]12O[C@@H](n3cc(C)c(N)nc3=O)C(O[C@H]1C)[C@H]2O. The lowest BCUT2D eigenvalue weighted by Gasteiger charge is -2.42. The maximum absolute atomic E-state index is 15.5. The Hall–Kier alpha value is -6.46. The summed E-state index contributed by atoms with van der Waals surface area (Å²) in [5, 5.41) is 11.7. The normalized spacial score (nSPS) is 34.8. The van der Waals surface area contributed by atoms with Crippen LogP contribution in [0.2, 0.25) is 0 Å². The molecule has 0 radical (unpaired) electrons. The number of aryl methyl sites for hydroxylation is 2. The van der Waals surface area contributed by atoms with Gasteiger partial charge in [-0.05, 0) is 41.0 Å². The third-order valence-corrected chi connectivity index (χ3v) is 27.1. The van der Waals surface area contributed by atoms with Gasteiger partial charge in [-0.15, -0.1) is 0 Å². The molecule has 0 amide bonds. The van der Waals surface area contributed by atoms with E-state index in [0.29, 0.717) is 12.0 Å². The number of aliphatic hydroxyl groups is 1. The average Bonchev–Trinajstić information content (AvgIpc) is 1.55. The first-order valence-corrected chi connectivity index (χ1v) is 44.4. The molecule has 606 valence electrons. The average molecular weight is 1720 g/mol. The molecule has 16 rings (SSSR count). The summed E-state index contributed by atoms with van der Waals surface area (Å²) in [6, 6.07) is 0. The number of ether oxygens (including phenoxy) is 8. The van der Waals surface area contributed by atoms with Crippen LogP contribution in [0.3, 0.4) is 0 Å². The molecule has 13 N–H and O–H groups in total. The van der Waals surface area contributed by atoms with Crippen molar-refractivity contribution >= 4 is 132 Å². The van der Waals surface area contributed by atoms with Gasteiger partial charge in [-0.3, -0.25) is 66.5 Å². The largest absolute Gasteiger partial charge is 0.780 e. The van der Waals surface area contributed by atoms with Crippen LogP contribution in [0.4, 0.5) is 23.7 Å². The molecule has 8 aliphatic heterocycles. The lowest BCUT2D eigenvalue weighted by atomic mass is 9.94. The van der Waals surface area contributed by atoms with Gasteiger partial charge in [-0.2, -0.15) is 19.9 Å². The Morgan fingerprint density at radius 3 is 1.52 bits per heavy atom. The maximum Gasteiger partial charge on any atom is 0.351 e. The standard InChI is InChI=1S/C57H72N20O27P4S4/c1-7-24-25(8-29(96-24)75-16-62-30-40(75)66-50(59)69-44(30)80)101-105(85,109)89-12-27-26(9-28(97-27)73-11-20(3)43(79)72-54(73)84)102-106(86,110)91-14-56-22(5)94-34(48(99-56)76-17-63-31-41(76)67-51(60)70-45(31)81)37(56)104-108(88,112)92-15-57-23(6)95-35(49(100-57)77-18-64-32-42(77)68-52(61)71-46(32)82)38(57)103-107(87,111)90-13-55-21(4)93-33(36(55)78)47(98-55)74-10-19(2)39(58)65-53(74)83/h10-11,16-18,21-29,33-38,47-49,78H,7-9,12-15H2,1-6H3,(H,85,109)(H,86,110)(H,87,111)(H,88,112)(H2,58,65,83)(H,72,79,84)(H3,59,66,69,80)(H3,60,67,70,81)(H3,61,68,71,82)/p-4/t21-,22-,23-,24+,25+,26+,27+,28+,29+,33?,34?,35?,36+,37+,38+,47+,48+,49+,55-,56-,57-,105?,106?,107?,108?/m0/s1. The van der Waals surface area contributed by atoms with Gasteiger partial charge in [-0.25, -0.2) is 24.5 Å². The molecule has 6 bridgehead atoms. The van der Waals surface area contributed by atoms with Crippen LogP contribution in [0.1, 0.15) is 89.2 Å². The minimum Gasteiger partial charge on any atom is -0.780 e. The zero-order valence-corrected chi connectivity index (χ0v) is 65.7. The van der Waals surface area contributed by atoms with E-state index < -0.39 is 214 Å². The van der Waals surface area contributed by atoms with E-state index >= 15 is 9.46 Å². The van der Waals surface area contributed by atoms with Gasteiger partial charge >= 0.3 is 11.4 Å². The Bertz CT molecular complexity index is 5720. The number of hydrogen-bond acceptors (Lipinski definition) is 42. The second-order valence-electron chi connectivity index (χ2n) is 27.7. The van der Waals surface area contributed by atoms with Crippen molar-refractivity contribution in [2.45, 2.75) is 188 Å². The fraction of sp³-hybridized carbons (Fsp3) is 0.596. The topological polar surface area (TPSA) is 639 Å². The quantitative estimate of drug-likeness (QED) is 0.0189. The molecular formula is C57H68N20O27P4S4-4. The predicted octanol–water partition coefficient (Wildman–Crippen LogP) is -3.33. The van der Waals surface area contributed by atoms with Crippen LogP contribution in [-0.4, -0.2) is 205 Å². The Balaban J connectivity index is 0.667. The summed E-state index contributed by atoms with van der Waals surface area (Å²) in [6.45, 7) is -13.9. The van der Waals surface area contributed by atoms with Crippen molar-refractivity contribution in [1.82, 2.24) is 77.7 Å². The molecular weight excluding hydrogens is 1650 g/mol. The van der Waals surface area contributed by atoms with E-state index in [1.807, 2.05) is 0 Å². The Kier molecular flexibility index (Phi) is 20.4. The number of aromatic amines is 4. The Labute approximate surface area is 646 Å². The van der Waals surface area contributed by atoms with Gasteiger partial charge in [0.05, 0.1) is 82.0 Å². The molecule has 0 aromatic carbocycles. The Morgan fingerprint density at radius 2 is 0.982 bits per heavy atom. The summed E-state index contributed by atoms with van der Waals surface area (Å²) in [5.74, 6) is -0.905. The molecule has 8 fully saturated rings. The number of nitrogens with one attached hydrogen (secondary N) is 4. The van der Waals surface area contributed by atoms with Gasteiger partial charge in [-0.1, -0.05) is 42.3 Å². The van der Waals surface area contributed by atoms with Crippen molar-refractivity contribution in [1.29, 1.82) is 0 Å². The number of nitrogens with zero attached hydrogens (tertiary/aromatic N) is 12. The number of anilines is 4. The summed E-state index contributed by atoms with van der Waals surface area (Å²) in [4.78, 5) is 161. The van der Waals surface area contributed by atoms with Crippen molar-refractivity contribution in [3.8, 4) is 0 Å². The van der Waals surface area contributed by atoms with Crippen LogP contribution in [0.15, 0.2) is 60.1 Å². The number of fused-ring (bicyclic) bond motifs is 9.